The number of ether oxygens (including phenoxy) is 3. The van der Waals surface area contributed by atoms with Crippen LogP contribution in [0.5, 0.6) is 17.2 Å². The Hall–Kier alpha value is -3.06. The fourth-order valence-corrected chi connectivity index (χ4v) is 4.11. The molecular weight excluding hydrogens is 348 g/mol. The van der Waals surface area contributed by atoms with E-state index < -0.39 is 5.41 Å². The molecular formula is C20H18N2O5. The maximum Gasteiger partial charge on any atom is 0.246 e. The Morgan fingerprint density at radius 1 is 1.04 bits per heavy atom. The van der Waals surface area contributed by atoms with Crippen molar-refractivity contribution in [3.63, 3.8) is 0 Å². The van der Waals surface area contributed by atoms with Gasteiger partial charge in [-0.25, -0.2) is 0 Å². The van der Waals surface area contributed by atoms with Gasteiger partial charge in [0.15, 0.2) is 17.3 Å². The molecule has 27 heavy (non-hydrogen) atoms. The number of nitrogens with two attached hydrogens (primary N) is 1. The van der Waals surface area contributed by atoms with Gasteiger partial charge in [-0.2, -0.15) is 0 Å². The maximum absolute atomic E-state index is 13.5. The third-order valence-electron chi connectivity index (χ3n) is 5.38. The topological polar surface area (TPSA) is 91.1 Å². The molecule has 2 aromatic carbocycles. The smallest absolute Gasteiger partial charge is 0.246 e. The molecule has 0 saturated carbocycles. The zero-order valence-electron chi connectivity index (χ0n) is 14.6. The molecule has 0 fully saturated rings. The molecule has 1 atom stereocenters. The molecule has 1 amide bonds. The number of amides is 1. The molecule has 2 aromatic rings. The number of rotatable bonds is 3. The Morgan fingerprint density at radius 2 is 1.78 bits per heavy atom. The molecule has 0 aromatic heterocycles. The van der Waals surface area contributed by atoms with Gasteiger partial charge in [-0.15, -0.1) is 0 Å². The van der Waals surface area contributed by atoms with E-state index in [9.17, 15) is 9.59 Å². The van der Waals surface area contributed by atoms with Crippen LogP contribution in [-0.4, -0.2) is 44.6 Å². The lowest BCUT2D eigenvalue weighted by atomic mass is 9.77. The van der Waals surface area contributed by atoms with Crippen LogP contribution in [0.2, 0.25) is 0 Å². The summed E-state index contributed by atoms with van der Waals surface area (Å²) in [5.74, 6) is 1.45. The number of ketones is 1. The summed E-state index contributed by atoms with van der Waals surface area (Å²) in [6, 6.07) is 11.1. The number of carbonyl (C=O) groups excluding carboxylic acids is 2. The molecule has 3 aliphatic rings. The standard InChI is InChI=1S/C20H18N2O5/c21-9-12(23)10-22-15-4-2-1-3-13(15)20(19(22)24)11-27-16-8-18-17(7-14(16)20)25-5-6-26-18/h1-4,7-8H,5-6,9-11,21H2. The van der Waals surface area contributed by atoms with E-state index in [1.807, 2.05) is 30.3 Å². The fraction of sp³-hybridized carbons (Fsp3) is 0.300. The molecule has 0 saturated heterocycles. The summed E-state index contributed by atoms with van der Waals surface area (Å²) in [5.41, 5.74) is 6.77. The number of anilines is 1. The molecule has 0 radical (unpaired) electrons. The van der Waals surface area contributed by atoms with Gasteiger partial charge < -0.3 is 24.8 Å². The van der Waals surface area contributed by atoms with Gasteiger partial charge in [0.25, 0.3) is 0 Å². The Morgan fingerprint density at radius 3 is 2.56 bits per heavy atom. The molecule has 0 aliphatic carbocycles. The number of Topliss-reactive ketones (excluding diaryl/α,β-unsaturated/α-hetero) is 1. The maximum atomic E-state index is 13.5. The van der Waals surface area contributed by atoms with Gasteiger partial charge in [0.05, 0.1) is 13.1 Å². The van der Waals surface area contributed by atoms with Crippen molar-refractivity contribution in [2.75, 3.05) is 37.8 Å². The largest absolute Gasteiger partial charge is 0.491 e. The van der Waals surface area contributed by atoms with Gasteiger partial charge in [-0.05, 0) is 17.7 Å². The minimum Gasteiger partial charge on any atom is -0.491 e. The van der Waals surface area contributed by atoms with E-state index in [1.54, 1.807) is 6.07 Å². The number of fused-ring (bicyclic) bond motifs is 5. The van der Waals surface area contributed by atoms with Gasteiger partial charge in [0.1, 0.15) is 31.0 Å². The molecule has 138 valence electrons. The minimum atomic E-state index is -0.989. The van der Waals surface area contributed by atoms with Crippen molar-refractivity contribution in [2.45, 2.75) is 5.41 Å². The zero-order valence-corrected chi connectivity index (χ0v) is 14.6. The van der Waals surface area contributed by atoms with E-state index >= 15 is 0 Å². The number of nitrogens with zero attached hydrogens (tertiary/aromatic N) is 1. The first-order valence-corrected chi connectivity index (χ1v) is 8.85. The number of hydrogen-bond acceptors (Lipinski definition) is 6. The molecule has 1 unspecified atom stereocenters. The summed E-state index contributed by atoms with van der Waals surface area (Å²) in [5, 5.41) is 0. The second-order valence-corrected chi connectivity index (χ2v) is 6.84. The second kappa shape index (κ2) is 5.72. The molecule has 7 nitrogen and oxygen atoms in total. The lowest BCUT2D eigenvalue weighted by Crippen LogP contribution is -2.45. The van der Waals surface area contributed by atoms with Crippen molar-refractivity contribution < 1.29 is 23.8 Å². The van der Waals surface area contributed by atoms with Crippen LogP contribution in [0, 0.1) is 0 Å². The van der Waals surface area contributed by atoms with Gasteiger partial charge in [0, 0.05) is 17.3 Å². The lowest BCUT2D eigenvalue weighted by Gasteiger charge is -2.24. The Bertz CT molecular complexity index is 973. The quantitative estimate of drug-likeness (QED) is 0.872. The predicted molar refractivity (Wildman–Crippen MR) is 96.6 cm³/mol. The van der Waals surface area contributed by atoms with Gasteiger partial charge in [0.2, 0.25) is 5.91 Å². The van der Waals surface area contributed by atoms with Crippen molar-refractivity contribution >= 4 is 17.4 Å². The highest BCUT2D eigenvalue weighted by atomic mass is 16.6. The normalized spacial score (nSPS) is 21.8. The average molecular weight is 366 g/mol. The van der Waals surface area contributed by atoms with E-state index in [0.29, 0.717) is 30.5 Å². The van der Waals surface area contributed by atoms with Crippen molar-refractivity contribution in [1.29, 1.82) is 0 Å². The summed E-state index contributed by atoms with van der Waals surface area (Å²) in [6.07, 6.45) is 0. The first kappa shape index (κ1) is 16.1. The van der Waals surface area contributed by atoms with Gasteiger partial charge >= 0.3 is 0 Å². The fourth-order valence-electron chi connectivity index (χ4n) is 4.11. The second-order valence-electron chi connectivity index (χ2n) is 6.84. The highest BCUT2D eigenvalue weighted by Gasteiger charge is 2.57. The first-order chi connectivity index (χ1) is 13.1. The van der Waals surface area contributed by atoms with Crippen LogP contribution >= 0.6 is 0 Å². The number of carbonyl (C=O) groups is 2. The Kier molecular flexibility index (Phi) is 3.42. The summed E-state index contributed by atoms with van der Waals surface area (Å²) in [4.78, 5) is 27.0. The van der Waals surface area contributed by atoms with Gasteiger partial charge in [-0.1, -0.05) is 18.2 Å². The summed E-state index contributed by atoms with van der Waals surface area (Å²) >= 11 is 0. The van der Waals surface area contributed by atoms with E-state index in [1.165, 1.54) is 4.90 Å². The number of benzene rings is 2. The highest BCUT2D eigenvalue weighted by molar-refractivity contribution is 6.14. The molecule has 5 rings (SSSR count). The summed E-state index contributed by atoms with van der Waals surface area (Å²) in [6.45, 7) is 0.960. The minimum absolute atomic E-state index is 0.0476. The lowest BCUT2D eigenvalue weighted by molar-refractivity contribution is -0.124. The average Bonchev–Trinajstić information content (AvgIpc) is 3.19. The van der Waals surface area contributed by atoms with E-state index in [-0.39, 0.29) is 31.4 Å². The summed E-state index contributed by atoms with van der Waals surface area (Å²) in [7, 11) is 0. The van der Waals surface area contributed by atoms with Crippen molar-refractivity contribution in [2.24, 2.45) is 5.73 Å². The van der Waals surface area contributed by atoms with Crippen molar-refractivity contribution in [3.8, 4) is 17.2 Å². The van der Waals surface area contributed by atoms with Crippen LogP contribution in [0.3, 0.4) is 0 Å². The third-order valence-corrected chi connectivity index (χ3v) is 5.38. The van der Waals surface area contributed by atoms with Crippen LogP contribution in [0.1, 0.15) is 11.1 Å². The predicted octanol–water partition coefficient (Wildman–Crippen LogP) is 1.01. The molecule has 3 aliphatic heterocycles. The monoisotopic (exact) mass is 366 g/mol. The summed E-state index contributed by atoms with van der Waals surface area (Å²) < 4.78 is 17.2. The van der Waals surface area contributed by atoms with Crippen molar-refractivity contribution in [3.05, 3.63) is 47.5 Å². The highest BCUT2D eigenvalue weighted by Crippen LogP contribution is 2.54. The van der Waals surface area contributed by atoms with E-state index in [0.717, 1.165) is 16.8 Å². The van der Waals surface area contributed by atoms with Crippen LogP contribution in [-0.2, 0) is 15.0 Å². The van der Waals surface area contributed by atoms with Gasteiger partial charge in [-0.3, -0.25) is 9.59 Å². The molecule has 0 bridgehead atoms. The Balaban J connectivity index is 1.68. The van der Waals surface area contributed by atoms with Crippen LogP contribution < -0.4 is 24.8 Å². The number of para-hydroxylation sites is 1. The zero-order chi connectivity index (χ0) is 18.6. The van der Waals surface area contributed by atoms with Crippen LogP contribution in [0.4, 0.5) is 5.69 Å². The molecule has 1 spiro atoms. The third kappa shape index (κ3) is 2.12. The first-order valence-electron chi connectivity index (χ1n) is 8.85. The van der Waals surface area contributed by atoms with Crippen LogP contribution in [0.25, 0.3) is 0 Å². The number of hydrogen-bond donors (Lipinski definition) is 1. The Labute approximate surface area is 155 Å². The molecule has 7 heteroatoms. The molecule has 2 N–H and O–H groups in total. The van der Waals surface area contributed by atoms with Crippen molar-refractivity contribution in [1.82, 2.24) is 0 Å². The van der Waals surface area contributed by atoms with Crippen LogP contribution in [0.15, 0.2) is 36.4 Å². The van der Waals surface area contributed by atoms with E-state index in [2.05, 4.69) is 0 Å². The van der Waals surface area contributed by atoms with E-state index in [4.69, 9.17) is 19.9 Å². The SMILES string of the molecule is NCC(=O)CN1C(=O)C2(COc3cc4c(cc32)OCCO4)c2ccccc21. The molecule has 3 heterocycles.